The number of rotatable bonds is 3. The van der Waals surface area contributed by atoms with Gasteiger partial charge in [-0.25, -0.2) is 14.6 Å². The standard InChI is InChI=1S/C21H29N7O/c1-14-23-19-16(12-22-26(19)5)20(24-14)27-10-8-15(9-11-27)13-28-18(29)7-6-17(25-28)21(2,3)4/h6-7,12,15H,8-11,13H2,1-5H3. The summed E-state index contributed by atoms with van der Waals surface area (Å²) in [6, 6.07) is 3.49. The van der Waals surface area contributed by atoms with Crippen molar-refractivity contribution in [3.8, 4) is 0 Å². The van der Waals surface area contributed by atoms with E-state index in [1.807, 2.05) is 26.2 Å². The Labute approximate surface area is 170 Å². The van der Waals surface area contributed by atoms with Gasteiger partial charge in [0, 0.05) is 38.2 Å². The molecule has 3 aromatic heterocycles. The first-order valence-electron chi connectivity index (χ1n) is 10.2. The van der Waals surface area contributed by atoms with Crippen LogP contribution in [0.3, 0.4) is 0 Å². The monoisotopic (exact) mass is 395 g/mol. The lowest BCUT2D eigenvalue weighted by Crippen LogP contribution is -2.38. The van der Waals surface area contributed by atoms with E-state index in [0.29, 0.717) is 12.5 Å². The minimum atomic E-state index is -0.0707. The first kappa shape index (κ1) is 19.5. The van der Waals surface area contributed by atoms with Gasteiger partial charge in [0.1, 0.15) is 11.6 Å². The summed E-state index contributed by atoms with van der Waals surface area (Å²) < 4.78 is 3.44. The lowest BCUT2D eigenvalue weighted by molar-refractivity contribution is 0.329. The Bertz CT molecular complexity index is 1080. The highest BCUT2D eigenvalue weighted by Gasteiger charge is 2.24. The maximum Gasteiger partial charge on any atom is 0.266 e. The van der Waals surface area contributed by atoms with E-state index in [2.05, 4.69) is 40.9 Å². The lowest BCUT2D eigenvalue weighted by atomic mass is 9.92. The summed E-state index contributed by atoms with van der Waals surface area (Å²) in [5.74, 6) is 2.15. The molecule has 8 nitrogen and oxygen atoms in total. The maximum atomic E-state index is 12.3. The van der Waals surface area contributed by atoms with Gasteiger partial charge in [-0.1, -0.05) is 20.8 Å². The molecule has 0 aliphatic carbocycles. The second-order valence-corrected chi connectivity index (χ2v) is 9.02. The third-order valence-electron chi connectivity index (χ3n) is 5.66. The van der Waals surface area contributed by atoms with Crippen LogP contribution in [0.15, 0.2) is 23.1 Å². The minimum Gasteiger partial charge on any atom is -0.356 e. The Balaban J connectivity index is 1.49. The highest BCUT2D eigenvalue weighted by molar-refractivity contribution is 5.87. The average Bonchev–Trinajstić information content (AvgIpc) is 3.03. The number of hydrogen-bond acceptors (Lipinski definition) is 6. The van der Waals surface area contributed by atoms with Crippen LogP contribution in [0.25, 0.3) is 11.0 Å². The molecule has 1 fully saturated rings. The van der Waals surface area contributed by atoms with E-state index in [0.717, 1.165) is 54.3 Å². The summed E-state index contributed by atoms with van der Waals surface area (Å²) in [5.41, 5.74) is 1.72. The molecule has 0 aromatic carbocycles. The molecule has 0 bridgehead atoms. The zero-order chi connectivity index (χ0) is 20.8. The molecule has 0 amide bonds. The topological polar surface area (TPSA) is 81.7 Å². The van der Waals surface area contributed by atoms with Crippen molar-refractivity contribution in [2.75, 3.05) is 18.0 Å². The van der Waals surface area contributed by atoms with Crippen LogP contribution in [-0.4, -0.2) is 42.6 Å². The van der Waals surface area contributed by atoms with Crippen LogP contribution < -0.4 is 10.5 Å². The summed E-state index contributed by atoms with van der Waals surface area (Å²) >= 11 is 0. The number of piperidine rings is 1. The molecular formula is C21H29N7O. The van der Waals surface area contributed by atoms with Crippen molar-refractivity contribution < 1.29 is 0 Å². The molecule has 4 heterocycles. The second kappa shape index (κ2) is 7.24. The molecule has 0 N–H and O–H groups in total. The van der Waals surface area contributed by atoms with E-state index in [4.69, 9.17) is 4.98 Å². The SMILES string of the molecule is Cc1nc(N2CCC(Cn3nc(C(C)(C)C)ccc3=O)CC2)c2cnn(C)c2n1. The molecule has 1 saturated heterocycles. The molecule has 1 aliphatic heterocycles. The first-order chi connectivity index (χ1) is 13.7. The fourth-order valence-electron chi connectivity index (χ4n) is 3.91. The van der Waals surface area contributed by atoms with Gasteiger partial charge in [-0.15, -0.1) is 0 Å². The van der Waals surface area contributed by atoms with Crippen LogP contribution >= 0.6 is 0 Å². The highest BCUT2D eigenvalue weighted by atomic mass is 16.1. The van der Waals surface area contributed by atoms with Crippen LogP contribution in [0.2, 0.25) is 0 Å². The fraction of sp³-hybridized carbons (Fsp3) is 0.571. The van der Waals surface area contributed by atoms with Gasteiger partial charge in [0.05, 0.1) is 17.3 Å². The number of fused-ring (bicyclic) bond motifs is 1. The molecule has 29 heavy (non-hydrogen) atoms. The molecule has 0 atom stereocenters. The third kappa shape index (κ3) is 3.88. The van der Waals surface area contributed by atoms with Gasteiger partial charge in [-0.3, -0.25) is 9.48 Å². The van der Waals surface area contributed by atoms with Gasteiger partial charge in [-0.2, -0.15) is 10.2 Å². The molecular weight excluding hydrogens is 366 g/mol. The molecule has 8 heteroatoms. The summed E-state index contributed by atoms with van der Waals surface area (Å²) in [6.07, 6.45) is 3.84. The Morgan fingerprint density at radius 2 is 1.86 bits per heavy atom. The molecule has 4 rings (SSSR count). The number of hydrogen-bond donors (Lipinski definition) is 0. The molecule has 154 valence electrons. The smallest absolute Gasteiger partial charge is 0.266 e. The second-order valence-electron chi connectivity index (χ2n) is 9.02. The first-order valence-corrected chi connectivity index (χ1v) is 10.2. The van der Waals surface area contributed by atoms with Crippen molar-refractivity contribution in [3.05, 3.63) is 40.2 Å². The third-order valence-corrected chi connectivity index (χ3v) is 5.66. The van der Waals surface area contributed by atoms with Crippen LogP contribution in [0.1, 0.15) is 45.1 Å². The number of aromatic nitrogens is 6. The van der Waals surface area contributed by atoms with Gasteiger partial charge >= 0.3 is 0 Å². The van der Waals surface area contributed by atoms with E-state index in [1.165, 1.54) is 0 Å². The van der Waals surface area contributed by atoms with Crippen molar-refractivity contribution in [2.24, 2.45) is 13.0 Å². The molecule has 0 radical (unpaired) electrons. The molecule has 0 spiro atoms. The zero-order valence-electron chi connectivity index (χ0n) is 17.9. The Morgan fingerprint density at radius 1 is 1.14 bits per heavy atom. The van der Waals surface area contributed by atoms with Gasteiger partial charge in [-0.05, 0) is 31.7 Å². The average molecular weight is 396 g/mol. The van der Waals surface area contributed by atoms with Crippen molar-refractivity contribution in [2.45, 2.75) is 52.5 Å². The van der Waals surface area contributed by atoms with Gasteiger partial charge in [0.2, 0.25) is 0 Å². The molecule has 1 aliphatic rings. The summed E-state index contributed by atoms with van der Waals surface area (Å²) in [7, 11) is 1.90. The number of aryl methyl sites for hydroxylation is 2. The van der Waals surface area contributed by atoms with Crippen LogP contribution in [-0.2, 0) is 19.0 Å². The highest BCUT2D eigenvalue weighted by Crippen LogP contribution is 2.28. The largest absolute Gasteiger partial charge is 0.356 e. The Kier molecular flexibility index (Phi) is 4.88. The van der Waals surface area contributed by atoms with E-state index < -0.39 is 0 Å². The summed E-state index contributed by atoms with van der Waals surface area (Å²) in [6.45, 7) is 10.7. The summed E-state index contributed by atoms with van der Waals surface area (Å²) in [4.78, 5) is 23.8. The Morgan fingerprint density at radius 3 is 2.55 bits per heavy atom. The van der Waals surface area contributed by atoms with E-state index in [-0.39, 0.29) is 11.0 Å². The van der Waals surface area contributed by atoms with Crippen LogP contribution in [0.4, 0.5) is 5.82 Å². The van der Waals surface area contributed by atoms with Crippen LogP contribution in [0.5, 0.6) is 0 Å². The molecule has 3 aromatic rings. The maximum absolute atomic E-state index is 12.3. The lowest BCUT2D eigenvalue weighted by Gasteiger charge is -2.33. The fourth-order valence-corrected chi connectivity index (χ4v) is 3.91. The van der Waals surface area contributed by atoms with Crippen molar-refractivity contribution in [3.63, 3.8) is 0 Å². The predicted octanol–water partition coefficient (Wildman–Crippen LogP) is 2.44. The van der Waals surface area contributed by atoms with E-state index in [9.17, 15) is 4.79 Å². The van der Waals surface area contributed by atoms with Gasteiger partial charge < -0.3 is 4.90 Å². The summed E-state index contributed by atoms with van der Waals surface area (Å²) in [5, 5.41) is 9.96. The van der Waals surface area contributed by atoms with Gasteiger partial charge in [0.25, 0.3) is 5.56 Å². The minimum absolute atomic E-state index is 0.0241. The predicted molar refractivity (Wildman–Crippen MR) is 113 cm³/mol. The number of anilines is 1. The normalized spacial score (nSPS) is 16.0. The zero-order valence-corrected chi connectivity index (χ0v) is 17.9. The van der Waals surface area contributed by atoms with Gasteiger partial charge in [0.15, 0.2) is 5.65 Å². The van der Waals surface area contributed by atoms with E-state index >= 15 is 0 Å². The quantitative estimate of drug-likeness (QED) is 0.677. The van der Waals surface area contributed by atoms with E-state index in [1.54, 1.807) is 15.4 Å². The van der Waals surface area contributed by atoms with Crippen LogP contribution in [0, 0.1) is 12.8 Å². The number of nitrogens with zero attached hydrogens (tertiary/aromatic N) is 7. The van der Waals surface area contributed by atoms with Crippen molar-refractivity contribution in [1.29, 1.82) is 0 Å². The Hall–Kier alpha value is -2.77. The van der Waals surface area contributed by atoms with Crippen molar-refractivity contribution in [1.82, 2.24) is 29.5 Å². The molecule has 0 unspecified atom stereocenters. The molecule has 0 saturated carbocycles. The van der Waals surface area contributed by atoms with Crippen molar-refractivity contribution >= 4 is 16.9 Å².